The van der Waals surface area contributed by atoms with E-state index in [2.05, 4.69) is 10.6 Å². The van der Waals surface area contributed by atoms with Crippen LogP contribution in [0.25, 0.3) is 0 Å². The number of halogens is 1. The fourth-order valence-corrected chi connectivity index (χ4v) is 3.53. The Hall–Kier alpha value is -1.70. The molecule has 1 unspecified atom stereocenters. The quantitative estimate of drug-likeness (QED) is 0.621. The van der Waals surface area contributed by atoms with Crippen LogP contribution < -0.4 is 16.4 Å². The molecule has 2 aliphatic heterocycles. The summed E-state index contributed by atoms with van der Waals surface area (Å²) >= 11 is 0. The normalized spacial score (nSPS) is 29.0. The molecular weight excluding hydrogens is 303 g/mol. The molecule has 3 atom stereocenters. The van der Waals surface area contributed by atoms with Gasteiger partial charge in [-0.05, 0) is 33.7 Å². The summed E-state index contributed by atoms with van der Waals surface area (Å²) in [7, 11) is 1.57. The maximum Gasteiger partial charge on any atom is 0.240 e. The van der Waals surface area contributed by atoms with Crippen LogP contribution in [0.5, 0.6) is 0 Å². The molecule has 23 heavy (non-hydrogen) atoms. The van der Waals surface area contributed by atoms with Crippen molar-refractivity contribution < 1.29 is 18.8 Å². The number of alkyl halides is 1. The van der Waals surface area contributed by atoms with E-state index in [1.165, 1.54) is 18.7 Å². The lowest BCUT2D eigenvalue weighted by atomic mass is 9.84. The first-order valence-corrected chi connectivity index (χ1v) is 7.84. The molecule has 0 aromatic carbocycles. The fourth-order valence-electron chi connectivity index (χ4n) is 3.53. The van der Waals surface area contributed by atoms with Gasteiger partial charge in [0, 0.05) is 19.5 Å². The zero-order chi connectivity index (χ0) is 17.4. The summed E-state index contributed by atoms with van der Waals surface area (Å²) in [6.45, 7) is 3.47. The predicted molar refractivity (Wildman–Crippen MR) is 82.0 cm³/mol. The topological polar surface area (TPSA) is 105 Å². The van der Waals surface area contributed by atoms with Crippen LogP contribution in [0.4, 0.5) is 4.39 Å². The molecule has 130 valence electrons. The Morgan fingerprint density at radius 2 is 2.22 bits per heavy atom. The van der Waals surface area contributed by atoms with Gasteiger partial charge in [0.15, 0.2) is 0 Å². The van der Waals surface area contributed by atoms with E-state index in [0.717, 1.165) is 0 Å². The van der Waals surface area contributed by atoms with Gasteiger partial charge < -0.3 is 21.3 Å². The van der Waals surface area contributed by atoms with Crippen LogP contribution in [0.1, 0.15) is 33.1 Å². The molecule has 0 aromatic heterocycles. The minimum Gasteiger partial charge on any atom is -0.368 e. The average molecular weight is 328 g/mol. The van der Waals surface area contributed by atoms with Crippen molar-refractivity contribution in [1.29, 1.82) is 0 Å². The van der Waals surface area contributed by atoms with Crippen LogP contribution in [0.2, 0.25) is 0 Å². The molecule has 2 saturated heterocycles. The Kier molecular flexibility index (Phi) is 4.66. The molecule has 2 heterocycles. The van der Waals surface area contributed by atoms with Gasteiger partial charge in [0.2, 0.25) is 17.7 Å². The van der Waals surface area contributed by atoms with Crippen LogP contribution in [0, 0.1) is 5.41 Å². The predicted octanol–water partition coefficient (Wildman–Crippen LogP) is -0.695. The van der Waals surface area contributed by atoms with Gasteiger partial charge in [-0.15, -0.1) is 0 Å². The maximum atomic E-state index is 13.9. The second-order valence-electron chi connectivity index (χ2n) is 7.14. The number of rotatable bonds is 5. The van der Waals surface area contributed by atoms with Crippen LogP contribution in [0.15, 0.2) is 0 Å². The van der Waals surface area contributed by atoms with Gasteiger partial charge >= 0.3 is 0 Å². The zero-order valence-electron chi connectivity index (χ0n) is 13.8. The van der Waals surface area contributed by atoms with E-state index in [-0.39, 0.29) is 25.3 Å². The number of primary amides is 1. The summed E-state index contributed by atoms with van der Waals surface area (Å²) in [4.78, 5) is 38.0. The van der Waals surface area contributed by atoms with Gasteiger partial charge in [-0.25, -0.2) is 4.39 Å². The van der Waals surface area contributed by atoms with Gasteiger partial charge in [-0.2, -0.15) is 0 Å². The van der Waals surface area contributed by atoms with Crippen molar-refractivity contribution in [2.75, 3.05) is 20.1 Å². The van der Waals surface area contributed by atoms with Crippen molar-refractivity contribution in [1.82, 2.24) is 15.5 Å². The molecule has 0 saturated carbocycles. The second kappa shape index (κ2) is 6.07. The van der Waals surface area contributed by atoms with E-state index in [9.17, 15) is 18.8 Å². The maximum absolute atomic E-state index is 13.9. The van der Waals surface area contributed by atoms with Gasteiger partial charge in [0.1, 0.15) is 11.7 Å². The monoisotopic (exact) mass is 328 g/mol. The Morgan fingerprint density at radius 1 is 1.57 bits per heavy atom. The van der Waals surface area contributed by atoms with E-state index in [1.54, 1.807) is 7.05 Å². The Balaban J connectivity index is 2.23. The molecule has 3 amide bonds. The van der Waals surface area contributed by atoms with Gasteiger partial charge in [-0.3, -0.25) is 14.4 Å². The Morgan fingerprint density at radius 3 is 2.65 bits per heavy atom. The highest BCUT2D eigenvalue weighted by Gasteiger charge is 2.55. The molecule has 1 spiro atoms. The molecule has 0 radical (unpaired) electrons. The number of amides is 3. The number of carbonyl (C=O) groups excluding carboxylic acids is 3. The number of likely N-dealkylation sites (N-methyl/N-ethyl adjacent to an activating group) is 1. The van der Waals surface area contributed by atoms with Gasteiger partial charge in [-0.1, -0.05) is 0 Å². The van der Waals surface area contributed by atoms with Crippen LogP contribution in [-0.4, -0.2) is 60.5 Å². The highest BCUT2D eigenvalue weighted by molar-refractivity contribution is 5.93. The van der Waals surface area contributed by atoms with Crippen molar-refractivity contribution in [2.45, 2.75) is 50.9 Å². The van der Waals surface area contributed by atoms with E-state index in [0.29, 0.717) is 13.0 Å². The summed E-state index contributed by atoms with van der Waals surface area (Å²) in [6, 6.07) is -1.60. The van der Waals surface area contributed by atoms with Crippen molar-refractivity contribution in [3.8, 4) is 0 Å². The molecular formula is C15H25FN4O3. The second-order valence-corrected chi connectivity index (χ2v) is 7.14. The number of hydrogen-bond donors (Lipinski definition) is 3. The third kappa shape index (κ3) is 3.46. The summed E-state index contributed by atoms with van der Waals surface area (Å²) < 4.78 is 13.9. The molecule has 0 aromatic rings. The molecule has 2 fully saturated rings. The fraction of sp³-hybridized carbons (Fsp3) is 0.800. The van der Waals surface area contributed by atoms with Crippen molar-refractivity contribution in [3.63, 3.8) is 0 Å². The SMILES string of the molecule is CNC(CC(C)(C)F)C(=O)N1C[C@]2(CCNC2=O)C[C@H]1C(N)=O. The highest BCUT2D eigenvalue weighted by Crippen LogP contribution is 2.41. The van der Waals surface area contributed by atoms with Crippen LogP contribution in [-0.2, 0) is 14.4 Å². The lowest BCUT2D eigenvalue weighted by Crippen LogP contribution is -2.52. The minimum absolute atomic E-state index is 0.0243. The van der Waals surface area contributed by atoms with Crippen LogP contribution in [0.3, 0.4) is 0 Å². The van der Waals surface area contributed by atoms with E-state index in [4.69, 9.17) is 5.73 Å². The smallest absolute Gasteiger partial charge is 0.240 e. The van der Waals surface area contributed by atoms with Gasteiger partial charge in [0.25, 0.3) is 0 Å². The largest absolute Gasteiger partial charge is 0.368 e. The number of likely N-dealkylation sites (tertiary alicyclic amines) is 1. The van der Waals surface area contributed by atoms with E-state index in [1.807, 2.05) is 0 Å². The number of carbonyl (C=O) groups is 3. The average Bonchev–Trinajstić information content (AvgIpc) is 3.00. The number of nitrogens with zero attached hydrogens (tertiary/aromatic N) is 1. The standard InChI is InChI=1S/C15H25FN4O3/c1-14(2,16)6-9(18-3)12(22)20-8-15(4-5-19-13(15)23)7-10(20)11(17)21/h9-10,18H,4-8H2,1-3H3,(H2,17,21)(H,19,23)/t9?,10-,15-/m0/s1. The molecule has 2 rings (SSSR count). The van der Waals surface area contributed by atoms with E-state index < -0.39 is 35.0 Å². The Labute approximate surface area is 135 Å². The summed E-state index contributed by atoms with van der Waals surface area (Å²) in [5.74, 6) is -1.17. The first-order valence-electron chi connectivity index (χ1n) is 7.84. The van der Waals surface area contributed by atoms with Crippen molar-refractivity contribution in [2.24, 2.45) is 11.1 Å². The molecule has 0 bridgehead atoms. The van der Waals surface area contributed by atoms with E-state index >= 15 is 0 Å². The third-order valence-electron chi connectivity index (χ3n) is 4.75. The van der Waals surface area contributed by atoms with Crippen molar-refractivity contribution in [3.05, 3.63) is 0 Å². The molecule has 8 heteroatoms. The number of nitrogens with one attached hydrogen (secondary N) is 2. The third-order valence-corrected chi connectivity index (χ3v) is 4.75. The summed E-state index contributed by atoms with van der Waals surface area (Å²) in [5.41, 5.74) is 3.15. The molecule has 7 nitrogen and oxygen atoms in total. The molecule has 2 aliphatic rings. The Bertz CT molecular complexity index is 519. The summed E-state index contributed by atoms with van der Waals surface area (Å²) in [5, 5.41) is 5.55. The molecule has 0 aliphatic carbocycles. The summed E-state index contributed by atoms with van der Waals surface area (Å²) in [6.07, 6.45) is 0.775. The minimum atomic E-state index is -1.53. The van der Waals surface area contributed by atoms with Crippen LogP contribution >= 0.6 is 0 Å². The van der Waals surface area contributed by atoms with Gasteiger partial charge in [0.05, 0.1) is 11.5 Å². The molecule has 4 N–H and O–H groups in total. The number of hydrogen-bond acceptors (Lipinski definition) is 4. The lowest BCUT2D eigenvalue weighted by Gasteiger charge is -2.29. The lowest BCUT2D eigenvalue weighted by molar-refractivity contribution is -0.140. The van der Waals surface area contributed by atoms with Crippen molar-refractivity contribution >= 4 is 17.7 Å². The first-order chi connectivity index (χ1) is 10.6. The zero-order valence-corrected chi connectivity index (χ0v) is 13.8. The number of nitrogens with two attached hydrogens (primary N) is 1. The highest BCUT2D eigenvalue weighted by atomic mass is 19.1. The first kappa shape index (κ1) is 17.7.